The molecule has 1 heterocycles. The fraction of sp³-hybridized carbons (Fsp3) is 0.941. The molecule has 3 unspecified atom stereocenters. The van der Waals surface area contributed by atoms with Crippen molar-refractivity contribution in [3.63, 3.8) is 0 Å². The molecule has 2 aliphatic rings. The van der Waals surface area contributed by atoms with E-state index in [9.17, 15) is 4.79 Å². The first kappa shape index (κ1) is 16.8. The quantitative estimate of drug-likeness (QED) is 0.657. The van der Waals surface area contributed by atoms with E-state index < -0.39 is 0 Å². The zero-order chi connectivity index (χ0) is 15.1. The smallest absolute Gasteiger partial charge is 0.222 e. The summed E-state index contributed by atoms with van der Waals surface area (Å²) in [5, 5.41) is 10.4. The van der Waals surface area contributed by atoms with Crippen LogP contribution in [0.5, 0.6) is 0 Å². The van der Waals surface area contributed by atoms with Crippen molar-refractivity contribution in [1.29, 1.82) is 0 Å². The van der Waals surface area contributed by atoms with Gasteiger partial charge in [0.15, 0.2) is 0 Å². The van der Waals surface area contributed by atoms with Crippen molar-refractivity contribution < 1.29 is 4.79 Å². The van der Waals surface area contributed by atoms with Crippen LogP contribution in [-0.2, 0) is 4.79 Å². The molecule has 1 aliphatic heterocycles. The molecule has 3 N–H and O–H groups in total. The Kier molecular flexibility index (Phi) is 6.97. The number of carbonyl (C=O) groups is 1. The normalized spacial score (nSPS) is 30.3. The molecule has 21 heavy (non-hydrogen) atoms. The molecule has 1 amide bonds. The molecule has 0 aromatic carbocycles. The van der Waals surface area contributed by atoms with Crippen molar-refractivity contribution >= 4 is 5.91 Å². The Balaban J connectivity index is 1.72. The number of hydrogen-bond acceptors (Lipinski definition) is 3. The van der Waals surface area contributed by atoms with Crippen molar-refractivity contribution in [2.24, 2.45) is 11.8 Å². The summed E-state index contributed by atoms with van der Waals surface area (Å²) < 4.78 is 0. The van der Waals surface area contributed by atoms with Crippen molar-refractivity contribution in [2.45, 2.75) is 70.9 Å². The van der Waals surface area contributed by atoms with Crippen molar-refractivity contribution in [3.8, 4) is 0 Å². The minimum Gasteiger partial charge on any atom is -0.355 e. The summed E-state index contributed by atoms with van der Waals surface area (Å²) in [7, 11) is 0. The van der Waals surface area contributed by atoms with Gasteiger partial charge < -0.3 is 16.0 Å². The highest BCUT2D eigenvalue weighted by atomic mass is 16.1. The summed E-state index contributed by atoms with van der Waals surface area (Å²) in [6, 6.07) is 1.34. The van der Waals surface area contributed by atoms with Gasteiger partial charge in [-0.05, 0) is 38.1 Å². The summed E-state index contributed by atoms with van der Waals surface area (Å²) >= 11 is 0. The van der Waals surface area contributed by atoms with Gasteiger partial charge in [0.05, 0.1) is 0 Å². The van der Waals surface area contributed by atoms with Crippen LogP contribution in [0, 0.1) is 11.8 Å². The molecule has 1 saturated carbocycles. The number of rotatable bonds is 6. The maximum absolute atomic E-state index is 11.6. The lowest BCUT2D eigenvalue weighted by Gasteiger charge is -2.40. The van der Waals surface area contributed by atoms with Crippen molar-refractivity contribution in [1.82, 2.24) is 16.0 Å². The van der Waals surface area contributed by atoms with E-state index >= 15 is 0 Å². The van der Waals surface area contributed by atoms with Gasteiger partial charge in [-0.1, -0.05) is 33.1 Å². The third kappa shape index (κ3) is 5.26. The second kappa shape index (κ2) is 8.74. The number of hydrogen-bond donors (Lipinski definition) is 3. The molecule has 0 aromatic heterocycles. The van der Waals surface area contributed by atoms with Gasteiger partial charge in [0.1, 0.15) is 0 Å². The van der Waals surface area contributed by atoms with Crippen LogP contribution in [0.15, 0.2) is 0 Å². The number of piperidine rings is 1. The average Bonchev–Trinajstić information content (AvgIpc) is 2.52. The SMILES string of the molecule is CC(C)C(=O)NCCNC1CCCCC1C1CCCCN1. The van der Waals surface area contributed by atoms with Crippen LogP contribution in [0.1, 0.15) is 58.8 Å². The van der Waals surface area contributed by atoms with E-state index in [4.69, 9.17) is 0 Å². The third-order valence-corrected chi connectivity index (χ3v) is 5.04. The van der Waals surface area contributed by atoms with Gasteiger partial charge in [0, 0.05) is 31.1 Å². The first-order valence-corrected chi connectivity index (χ1v) is 8.93. The molecule has 4 heteroatoms. The van der Waals surface area contributed by atoms with Crippen LogP contribution in [0.2, 0.25) is 0 Å². The standard InChI is InChI=1S/C17H33N3O/c1-13(2)17(21)20-12-11-19-16-8-4-3-7-14(16)15-9-5-6-10-18-15/h13-16,18-19H,3-12H2,1-2H3,(H,20,21). The highest BCUT2D eigenvalue weighted by molar-refractivity contribution is 5.77. The molecule has 1 aliphatic carbocycles. The minimum absolute atomic E-state index is 0.0823. The Morgan fingerprint density at radius 3 is 2.57 bits per heavy atom. The molecule has 2 fully saturated rings. The second-order valence-electron chi connectivity index (χ2n) is 7.01. The molecule has 3 atom stereocenters. The van der Waals surface area contributed by atoms with Gasteiger partial charge >= 0.3 is 0 Å². The predicted molar refractivity (Wildman–Crippen MR) is 87.2 cm³/mol. The number of amides is 1. The van der Waals surface area contributed by atoms with E-state index in [1.165, 1.54) is 51.5 Å². The van der Waals surface area contributed by atoms with Gasteiger partial charge in [-0.2, -0.15) is 0 Å². The Morgan fingerprint density at radius 1 is 1.10 bits per heavy atom. The third-order valence-electron chi connectivity index (χ3n) is 5.04. The van der Waals surface area contributed by atoms with E-state index in [2.05, 4.69) is 16.0 Å². The molecule has 0 spiro atoms. The highest BCUT2D eigenvalue weighted by Crippen LogP contribution is 2.30. The van der Waals surface area contributed by atoms with E-state index in [-0.39, 0.29) is 11.8 Å². The van der Waals surface area contributed by atoms with Gasteiger partial charge in [-0.15, -0.1) is 0 Å². The largest absolute Gasteiger partial charge is 0.355 e. The minimum atomic E-state index is 0.0823. The van der Waals surface area contributed by atoms with E-state index in [0.717, 1.165) is 19.0 Å². The molecule has 1 saturated heterocycles. The first-order chi connectivity index (χ1) is 10.2. The fourth-order valence-corrected chi connectivity index (χ4v) is 3.79. The van der Waals surface area contributed by atoms with E-state index in [1.807, 2.05) is 13.8 Å². The van der Waals surface area contributed by atoms with E-state index in [0.29, 0.717) is 12.1 Å². The van der Waals surface area contributed by atoms with Crippen LogP contribution in [0.4, 0.5) is 0 Å². The van der Waals surface area contributed by atoms with Gasteiger partial charge in [0.25, 0.3) is 0 Å². The Bertz CT molecular complexity index is 313. The van der Waals surface area contributed by atoms with Gasteiger partial charge in [-0.25, -0.2) is 0 Å². The maximum atomic E-state index is 11.6. The maximum Gasteiger partial charge on any atom is 0.222 e. The Labute approximate surface area is 129 Å². The van der Waals surface area contributed by atoms with Crippen molar-refractivity contribution in [2.75, 3.05) is 19.6 Å². The molecule has 0 bridgehead atoms. The average molecular weight is 295 g/mol. The Morgan fingerprint density at radius 2 is 1.86 bits per heavy atom. The summed E-state index contributed by atoms with van der Waals surface area (Å²) in [5.74, 6) is 1.02. The molecular formula is C17H33N3O. The second-order valence-corrected chi connectivity index (χ2v) is 7.01. The monoisotopic (exact) mass is 295 g/mol. The molecule has 2 rings (SSSR count). The molecule has 0 aromatic rings. The first-order valence-electron chi connectivity index (χ1n) is 8.93. The zero-order valence-corrected chi connectivity index (χ0v) is 13.8. The van der Waals surface area contributed by atoms with Crippen LogP contribution in [0.25, 0.3) is 0 Å². The Hall–Kier alpha value is -0.610. The van der Waals surface area contributed by atoms with Crippen LogP contribution < -0.4 is 16.0 Å². The molecule has 4 nitrogen and oxygen atoms in total. The summed E-state index contributed by atoms with van der Waals surface area (Å²) in [6.45, 7) is 6.71. The summed E-state index contributed by atoms with van der Waals surface area (Å²) in [4.78, 5) is 11.6. The van der Waals surface area contributed by atoms with Crippen LogP contribution >= 0.6 is 0 Å². The molecular weight excluding hydrogens is 262 g/mol. The molecule has 122 valence electrons. The predicted octanol–water partition coefficient (Wildman–Crippen LogP) is 2.05. The van der Waals surface area contributed by atoms with Crippen LogP contribution in [-0.4, -0.2) is 37.6 Å². The fourth-order valence-electron chi connectivity index (χ4n) is 3.79. The van der Waals surface area contributed by atoms with E-state index in [1.54, 1.807) is 0 Å². The van der Waals surface area contributed by atoms with Gasteiger partial charge in [0.2, 0.25) is 5.91 Å². The number of carbonyl (C=O) groups excluding carboxylic acids is 1. The van der Waals surface area contributed by atoms with Crippen LogP contribution in [0.3, 0.4) is 0 Å². The topological polar surface area (TPSA) is 53.2 Å². The lowest BCUT2D eigenvalue weighted by atomic mass is 9.77. The van der Waals surface area contributed by atoms with Crippen molar-refractivity contribution in [3.05, 3.63) is 0 Å². The number of nitrogens with one attached hydrogen (secondary N) is 3. The summed E-state index contributed by atoms with van der Waals surface area (Å²) in [6.07, 6.45) is 9.43. The lowest BCUT2D eigenvalue weighted by molar-refractivity contribution is -0.123. The zero-order valence-electron chi connectivity index (χ0n) is 13.8. The summed E-state index contributed by atoms with van der Waals surface area (Å²) in [5.41, 5.74) is 0. The molecule has 0 radical (unpaired) electrons. The van der Waals surface area contributed by atoms with Gasteiger partial charge in [-0.3, -0.25) is 4.79 Å². The highest BCUT2D eigenvalue weighted by Gasteiger charge is 2.31. The lowest BCUT2D eigenvalue weighted by Crippen LogP contribution is -2.51.